The average Bonchev–Trinajstić information content (AvgIpc) is 1.96. The maximum atomic E-state index is 10.8. The molecule has 0 aliphatic carbocycles. The summed E-state index contributed by atoms with van der Waals surface area (Å²) in [7, 11) is 1.52. The first-order chi connectivity index (χ1) is 5.59. The molecule has 0 aliphatic heterocycles. The maximum Gasteiger partial charge on any atom is 0.266 e. The molecule has 1 aromatic rings. The molecule has 0 aliphatic rings. The first-order valence-electron chi connectivity index (χ1n) is 3.23. The van der Waals surface area contributed by atoms with E-state index in [0.29, 0.717) is 5.82 Å². The second-order valence-corrected chi connectivity index (χ2v) is 2.19. The number of aliphatic imine (C=N–C) groups is 1. The number of nitrogens with two attached hydrogens (primary N) is 2. The van der Waals surface area contributed by atoms with Gasteiger partial charge < -0.3 is 11.5 Å². The molecule has 0 saturated heterocycles. The number of rotatable bonds is 1. The quantitative estimate of drug-likeness (QED) is 0.400. The Morgan fingerprint density at radius 3 is 2.75 bits per heavy atom. The Labute approximate surface area is 68.5 Å². The third-order valence-corrected chi connectivity index (χ3v) is 1.19. The van der Waals surface area contributed by atoms with Gasteiger partial charge in [-0.05, 0) is 6.07 Å². The summed E-state index contributed by atoms with van der Waals surface area (Å²) in [6.45, 7) is 0. The van der Waals surface area contributed by atoms with Gasteiger partial charge in [0.15, 0.2) is 11.8 Å². The zero-order valence-corrected chi connectivity index (χ0v) is 6.56. The van der Waals surface area contributed by atoms with E-state index in [2.05, 4.69) is 10.1 Å². The molecule has 0 aromatic carbocycles. The van der Waals surface area contributed by atoms with Crippen LogP contribution in [0.15, 0.2) is 21.9 Å². The topological polar surface area (TPSA) is 99.3 Å². The second kappa shape index (κ2) is 3.04. The van der Waals surface area contributed by atoms with Crippen molar-refractivity contribution < 1.29 is 0 Å². The van der Waals surface area contributed by atoms with Crippen LogP contribution in [0.2, 0.25) is 0 Å². The van der Waals surface area contributed by atoms with E-state index in [1.54, 1.807) is 0 Å². The number of nitrogens with zero attached hydrogens (tertiary/aromatic N) is 3. The van der Waals surface area contributed by atoms with Gasteiger partial charge in [0, 0.05) is 13.1 Å². The molecule has 1 heterocycles. The highest BCUT2D eigenvalue weighted by Gasteiger charge is 1.93. The molecule has 1 rings (SSSR count). The Morgan fingerprint density at radius 1 is 1.58 bits per heavy atom. The fourth-order valence-corrected chi connectivity index (χ4v) is 0.682. The molecule has 0 bridgehead atoms. The zero-order chi connectivity index (χ0) is 9.14. The van der Waals surface area contributed by atoms with Gasteiger partial charge in [-0.1, -0.05) is 0 Å². The summed E-state index contributed by atoms with van der Waals surface area (Å²) in [5, 5.41) is 3.77. The van der Waals surface area contributed by atoms with Crippen LogP contribution >= 0.6 is 0 Å². The Bertz CT molecular complexity index is 362. The van der Waals surface area contributed by atoms with Crippen LogP contribution in [-0.2, 0) is 7.05 Å². The molecule has 4 N–H and O–H groups in total. The van der Waals surface area contributed by atoms with Crippen LogP contribution in [0.5, 0.6) is 0 Å². The van der Waals surface area contributed by atoms with E-state index in [0.717, 1.165) is 4.68 Å². The molecule has 0 amide bonds. The molecule has 12 heavy (non-hydrogen) atoms. The molecular weight excluding hydrogens is 158 g/mol. The molecule has 0 atom stereocenters. The average molecular weight is 167 g/mol. The van der Waals surface area contributed by atoms with Gasteiger partial charge >= 0.3 is 0 Å². The van der Waals surface area contributed by atoms with E-state index in [-0.39, 0.29) is 11.5 Å². The van der Waals surface area contributed by atoms with Crippen LogP contribution in [-0.4, -0.2) is 15.7 Å². The van der Waals surface area contributed by atoms with Gasteiger partial charge in [0.2, 0.25) is 0 Å². The molecule has 0 spiro atoms. The lowest BCUT2D eigenvalue weighted by atomic mass is 10.5. The molecule has 6 heteroatoms. The lowest BCUT2D eigenvalue weighted by molar-refractivity contribution is 0.709. The van der Waals surface area contributed by atoms with Crippen LogP contribution < -0.4 is 17.0 Å². The summed E-state index contributed by atoms with van der Waals surface area (Å²) < 4.78 is 1.15. The first kappa shape index (κ1) is 8.25. The molecule has 6 nitrogen and oxygen atoms in total. The van der Waals surface area contributed by atoms with Crippen molar-refractivity contribution in [1.82, 2.24) is 9.78 Å². The molecule has 1 aromatic heterocycles. The van der Waals surface area contributed by atoms with Crippen molar-refractivity contribution >= 4 is 11.8 Å². The van der Waals surface area contributed by atoms with Gasteiger partial charge in [-0.2, -0.15) is 4.99 Å². The van der Waals surface area contributed by atoms with Crippen molar-refractivity contribution in [2.45, 2.75) is 0 Å². The smallest absolute Gasteiger partial charge is 0.266 e. The second-order valence-electron chi connectivity index (χ2n) is 2.19. The van der Waals surface area contributed by atoms with Crippen molar-refractivity contribution in [2.24, 2.45) is 23.5 Å². The SMILES string of the molecule is Cn1nc(N=C(N)N)ccc1=O. The first-order valence-corrected chi connectivity index (χ1v) is 3.23. The Morgan fingerprint density at radius 2 is 2.25 bits per heavy atom. The molecule has 0 saturated carbocycles. The summed E-state index contributed by atoms with van der Waals surface area (Å²) in [6, 6.07) is 2.79. The lowest BCUT2D eigenvalue weighted by Gasteiger charge is -1.96. The Hall–Kier alpha value is -1.85. The third-order valence-electron chi connectivity index (χ3n) is 1.19. The molecule has 64 valence electrons. The fraction of sp³-hybridized carbons (Fsp3) is 0.167. The highest BCUT2D eigenvalue weighted by molar-refractivity contribution is 5.78. The summed E-state index contributed by atoms with van der Waals surface area (Å²) in [4.78, 5) is 14.5. The van der Waals surface area contributed by atoms with Crippen molar-refractivity contribution in [3.8, 4) is 0 Å². The minimum atomic E-state index is -0.204. The number of guanidine groups is 1. The summed E-state index contributed by atoms with van der Waals surface area (Å²) in [5.74, 6) is 0.234. The normalized spacial score (nSPS) is 9.42. The van der Waals surface area contributed by atoms with Gasteiger partial charge in [-0.3, -0.25) is 4.79 Å². The Kier molecular flexibility index (Phi) is 2.09. The van der Waals surface area contributed by atoms with Crippen LogP contribution in [0.25, 0.3) is 0 Å². The maximum absolute atomic E-state index is 10.8. The molecule has 0 radical (unpaired) electrons. The standard InChI is InChI=1S/C6H9N5O/c1-11-5(12)3-2-4(10-11)9-6(7)8/h2-3H,1H3,(H4,7,8,9,10). The van der Waals surface area contributed by atoms with E-state index < -0.39 is 0 Å². The highest BCUT2D eigenvalue weighted by atomic mass is 16.1. The number of hydrogen-bond donors (Lipinski definition) is 2. The van der Waals surface area contributed by atoms with E-state index in [4.69, 9.17) is 11.5 Å². The van der Waals surface area contributed by atoms with Gasteiger partial charge in [0.25, 0.3) is 5.56 Å². The van der Waals surface area contributed by atoms with Gasteiger partial charge in [-0.15, -0.1) is 5.10 Å². The van der Waals surface area contributed by atoms with Crippen molar-refractivity contribution in [1.29, 1.82) is 0 Å². The number of aryl methyl sites for hydroxylation is 1. The summed E-state index contributed by atoms with van der Waals surface area (Å²) >= 11 is 0. The van der Waals surface area contributed by atoms with Crippen LogP contribution in [0, 0.1) is 0 Å². The van der Waals surface area contributed by atoms with Crippen molar-refractivity contribution in [3.63, 3.8) is 0 Å². The van der Waals surface area contributed by atoms with Crippen molar-refractivity contribution in [3.05, 3.63) is 22.5 Å². The van der Waals surface area contributed by atoms with E-state index >= 15 is 0 Å². The number of aromatic nitrogens is 2. The van der Waals surface area contributed by atoms with Crippen LogP contribution in [0.4, 0.5) is 5.82 Å². The minimum Gasteiger partial charge on any atom is -0.370 e. The van der Waals surface area contributed by atoms with Crippen LogP contribution in [0.1, 0.15) is 0 Å². The van der Waals surface area contributed by atoms with E-state index in [1.165, 1.54) is 19.2 Å². The predicted molar refractivity (Wildman–Crippen MR) is 44.9 cm³/mol. The van der Waals surface area contributed by atoms with E-state index in [1.807, 2.05) is 0 Å². The fourth-order valence-electron chi connectivity index (χ4n) is 0.682. The van der Waals surface area contributed by atoms with Gasteiger partial charge in [0.1, 0.15) is 0 Å². The largest absolute Gasteiger partial charge is 0.370 e. The molecule has 0 unspecified atom stereocenters. The summed E-state index contributed by atoms with van der Waals surface area (Å²) in [5.41, 5.74) is 10.0. The summed E-state index contributed by atoms with van der Waals surface area (Å²) in [6.07, 6.45) is 0. The van der Waals surface area contributed by atoms with Gasteiger partial charge in [-0.25, -0.2) is 4.68 Å². The van der Waals surface area contributed by atoms with Crippen molar-refractivity contribution in [2.75, 3.05) is 0 Å². The minimum absolute atomic E-state index is 0.0823. The van der Waals surface area contributed by atoms with Crippen LogP contribution in [0.3, 0.4) is 0 Å². The molecule has 0 fully saturated rings. The predicted octanol–water partition coefficient (Wildman–Crippen LogP) is -1.31. The molecular formula is C6H9N5O. The third kappa shape index (κ3) is 1.82. The Balaban J connectivity index is 3.14. The highest BCUT2D eigenvalue weighted by Crippen LogP contribution is 2.00. The monoisotopic (exact) mass is 167 g/mol. The zero-order valence-electron chi connectivity index (χ0n) is 6.56. The van der Waals surface area contributed by atoms with E-state index in [9.17, 15) is 4.79 Å². The lowest BCUT2D eigenvalue weighted by Crippen LogP contribution is -2.23. The number of hydrogen-bond acceptors (Lipinski definition) is 3. The van der Waals surface area contributed by atoms with Gasteiger partial charge in [0.05, 0.1) is 0 Å².